The molecule has 6 heteroatoms. The molecule has 28 heavy (non-hydrogen) atoms. The summed E-state index contributed by atoms with van der Waals surface area (Å²) in [6.45, 7) is 10.8. The number of hydrogen-bond acceptors (Lipinski definition) is 6. The maximum atomic E-state index is 11.7. The van der Waals surface area contributed by atoms with E-state index in [1.165, 1.54) is 25.7 Å². The molecule has 0 aromatic rings. The van der Waals surface area contributed by atoms with Crippen LogP contribution < -0.4 is 0 Å². The highest BCUT2D eigenvalue weighted by Crippen LogP contribution is 2.06. The summed E-state index contributed by atoms with van der Waals surface area (Å²) in [5, 5.41) is 0. The van der Waals surface area contributed by atoms with Gasteiger partial charge in [-0.1, -0.05) is 52.4 Å². The SMILES string of the molecule is CCCCCCC(=O)OCCN1CCN(CCOC(=O)CCCCCC)CC1. The number of unbranched alkanes of at least 4 members (excludes halogenated alkanes) is 6. The second-order valence-electron chi connectivity index (χ2n) is 7.75. The quantitative estimate of drug-likeness (QED) is 0.292. The van der Waals surface area contributed by atoms with Gasteiger partial charge in [0.1, 0.15) is 13.2 Å². The molecular formula is C22H42N2O4. The van der Waals surface area contributed by atoms with E-state index in [0.29, 0.717) is 26.1 Å². The predicted octanol–water partition coefficient (Wildman–Crippen LogP) is 3.63. The summed E-state index contributed by atoms with van der Waals surface area (Å²) in [5.41, 5.74) is 0. The highest BCUT2D eigenvalue weighted by Gasteiger charge is 2.17. The van der Waals surface area contributed by atoms with Crippen molar-refractivity contribution in [2.24, 2.45) is 0 Å². The van der Waals surface area contributed by atoms with Crippen molar-refractivity contribution in [3.8, 4) is 0 Å². The lowest BCUT2D eigenvalue weighted by atomic mass is 10.2. The topological polar surface area (TPSA) is 59.1 Å². The lowest BCUT2D eigenvalue weighted by Crippen LogP contribution is -2.48. The van der Waals surface area contributed by atoms with Crippen molar-refractivity contribution < 1.29 is 19.1 Å². The molecule has 1 fully saturated rings. The van der Waals surface area contributed by atoms with Gasteiger partial charge in [-0.05, 0) is 12.8 Å². The van der Waals surface area contributed by atoms with Crippen LogP contribution in [-0.2, 0) is 19.1 Å². The van der Waals surface area contributed by atoms with E-state index in [0.717, 1.165) is 65.0 Å². The van der Waals surface area contributed by atoms with E-state index in [9.17, 15) is 9.59 Å². The summed E-state index contributed by atoms with van der Waals surface area (Å²) >= 11 is 0. The number of carbonyl (C=O) groups excluding carboxylic acids is 2. The number of carbonyl (C=O) groups is 2. The van der Waals surface area contributed by atoms with Crippen molar-refractivity contribution in [1.82, 2.24) is 9.80 Å². The number of nitrogens with zero attached hydrogens (tertiary/aromatic N) is 2. The van der Waals surface area contributed by atoms with Crippen LogP contribution in [0.3, 0.4) is 0 Å². The van der Waals surface area contributed by atoms with Crippen LogP contribution in [0.5, 0.6) is 0 Å². The van der Waals surface area contributed by atoms with E-state index in [1.54, 1.807) is 0 Å². The Kier molecular flexibility index (Phi) is 14.9. The zero-order valence-corrected chi connectivity index (χ0v) is 18.3. The Morgan fingerprint density at radius 1 is 0.643 bits per heavy atom. The Labute approximate surface area is 171 Å². The van der Waals surface area contributed by atoms with Gasteiger partial charge in [0.2, 0.25) is 0 Å². The van der Waals surface area contributed by atoms with Gasteiger partial charge in [0.25, 0.3) is 0 Å². The van der Waals surface area contributed by atoms with Gasteiger partial charge in [-0.3, -0.25) is 19.4 Å². The van der Waals surface area contributed by atoms with Crippen LogP contribution in [0.2, 0.25) is 0 Å². The van der Waals surface area contributed by atoms with Crippen molar-refractivity contribution in [1.29, 1.82) is 0 Å². The fourth-order valence-corrected chi connectivity index (χ4v) is 3.35. The molecule has 0 saturated carbocycles. The zero-order valence-electron chi connectivity index (χ0n) is 18.3. The maximum absolute atomic E-state index is 11.7. The molecule has 1 aliphatic heterocycles. The minimum atomic E-state index is -0.0637. The molecule has 1 heterocycles. The highest BCUT2D eigenvalue weighted by molar-refractivity contribution is 5.69. The van der Waals surface area contributed by atoms with E-state index in [4.69, 9.17) is 9.47 Å². The summed E-state index contributed by atoms with van der Waals surface area (Å²) in [7, 11) is 0. The molecule has 0 aliphatic carbocycles. The highest BCUT2D eigenvalue weighted by atomic mass is 16.5. The van der Waals surface area contributed by atoms with Crippen molar-refractivity contribution >= 4 is 11.9 Å². The second kappa shape index (κ2) is 16.8. The number of piperazine rings is 1. The van der Waals surface area contributed by atoms with Crippen LogP contribution in [0.1, 0.15) is 78.1 Å². The second-order valence-corrected chi connectivity index (χ2v) is 7.75. The first-order valence-corrected chi connectivity index (χ1v) is 11.4. The van der Waals surface area contributed by atoms with Crippen LogP contribution in [0.4, 0.5) is 0 Å². The van der Waals surface area contributed by atoms with Gasteiger partial charge in [-0.15, -0.1) is 0 Å². The largest absolute Gasteiger partial charge is 0.464 e. The van der Waals surface area contributed by atoms with Crippen molar-refractivity contribution in [3.05, 3.63) is 0 Å². The lowest BCUT2D eigenvalue weighted by molar-refractivity contribution is -0.145. The van der Waals surface area contributed by atoms with Gasteiger partial charge in [-0.25, -0.2) is 0 Å². The first-order valence-electron chi connectivity index (χ1n) is 11.4. The Balaban J connectivity index is 1.97. The molecule has 0 atom stereocenters. The molecule has 0 aromatic heterocycles. The third-order valence-corrected chi connectivity index (χ3v) is 5.27. The fraction of sp³-hybridized carbons (Fsp3) is 0.909. The van der Waals surface area contributed by atoms with E-state index in [2.05, 4.69) is 23.6 Å². The van der Waals surface area contributed by atoms with Gasteiger partial charge in [0.15, 0.2) is 0 Å². The molecule has 0 unspecified atom stereocenters. The molecule has 164 valence electrons. The predicted molar refractivity (Wildman–Crippen MR) is 112 cm³/mol. The summed E-state index contributed by atoms with van der Waals surface area (Å²) in [6.07, 6.45) is 9.94. The first kappa shape index (κ1) is 24.9. The van der Waals surface area contributed by atoms with Crippen molar-refractivity contribution in [2.45, 2.75) is 78.1 Å². The lowest BCUT2D eigenvalue weighted by Gasteiger charge is -2.34. The number of ether oxygens (including phenoxy) is 2. The Morgan fingerprint density at radius 2 is 1.04 bits per heavy atom. The standard InChI is InChI=1S/C22H42N2O4/c1-3-5-7-9-11-21(25)27-19-17-23-13-15-24(16-14-23)18-20-28-22(26)12-10-8-6-4-2/h3-20H2,1-2H3. The van der Waals surface area contributed by atoms with Crippen LogP contribution in [-0.4, -0.2) is 74.2 Å². The smallest absolute Gasteiger partial charge is 0.305 e. The van der Waals surface area contributed by atoms with E-state index >= 15 is 0 Å². The zero-order chi connectivity index (χ0) is 20.5. The van der Waals surface area contributed by atoms with Crippen LogP contribution in [0, 0.1) is 0 Å². The summed E-state index contributed by atoms with van der Waals surface area (Å²) < 4.78 is 10.7. The molecule has 0 bridgehead atoms. The Hall–Kier alpha value is -1.14. The number of hydrogen-bond donors (Lipinski definition) is 0. The number of esters is 2. The van der Waals surface area contributed by atoms with Crippen molar-refractivity contribution in [3.63, 3.8) is 0 Å². The average Bonchev–Trinajstić information content (AvgIpc) is 2.70. The van der Waals surface area contributed by atoms with E-state index in [-0.39, 0.29) is 11.9 Å². The van der Waals surface area contributed by atoms with Crippen molar-refractivity contribution in [2.75, 3.05) is 52.5 Å². The van der Waals surface area contributed by atoms with Gasteiger partial charge < -0.3 is 9.47 Å². The van der Waals surface area contributed by atoms with Gasteiger partial charge in [0, 0.05) is 52.1 Å². The minimum absolute atomic E-state index is 0.0637. The molecule has 1 saturated heterocycles. The fourth-order valence-electron chi connectivity index (χ4n) is 3.35. The molecule has 0 spiro atoms. The van der Waals surface area contributed by atoms with Gasteiger partial charge in [0.05, 0.1) is 0 Å². The minimum Gasteiger partial charge on any atom is -0.464 e. The van der Waals surface area contributed by atoms with E-state index in [1.807, 2.05) is 0 Å². The molecule has 6 nitrogen and oxygen atoms in total. The van der Waals surface area contributed by atoms with Gasteiger partial charge in [-0.2, -0.15) is 0 Å². The molecule has 1 rings (SSSR count). The molecule has 0 N–H and O–H groups in total. The monoisotopic (exact) mass is 398 g/mol. The molecular weight excluding hydrogens is 356 g/mol. The first-order chi connectivity index (χ1) is 13.7. The maximum Gasteiger partial charge on any atom is 0.305 e. The molecule has 1 aliphatic rings. The Bertz CT molecular complexity index is 371. The summed E-state index contributed by atoms with van der Waals surface area (Å²) in [4.78, 5) is 28.0. The number of rotatable bonds is 16. The van der Waals surface area contributed by atoms with Gasteiger partial charge >= 0.3 is 11.9 Å². The third kappa shape index (κ3) is 13.1. The Morgan fingerprint density at radius 3 is 1.39 bits per heavy atom. The molecule has 0 aromatic carbocycles. The third-order valence-electron chi connectivity index (χ3n) is 5.27. The van der Waals surface area contributed by atoms with Crippen LogP contribution >= 0.6 is 0 Å². The van der Waals surface area contributed by atoms with Crippen LogP contribution in [0.25, 0.3) is 0 Å². The van der Waals surface area contributed by atoms with Crippen LogP contribution in [0.15, 0.2) is 0 Å². The normalized spacial score (nSPS) is 15.5. The molecule has 0 amide bonds. The van der Waals surface area contributed by atoms with E-state index < -0.39 is 0 Å². The average molecular weight is 399 g/mol. The summed E-state index contributed by atoms with van der Waals surface area (Å²) in [6, 6.07) is 0. The molecule has 0 radical (unpaired) electrons. The summed E-state index contributed by atoms with van der Waals surface area (Å²) in [5.74, 6) is -0.127.